The van der Waals surface area contributed by atoms with E-state index >= 15 is 0 Å². The predicted octanol–water partition coefficient (Wildman–Crippen LogP) is 2.37. The molecule has 1 fully saturated rings. The number of aryl methyl sites for hydroxylation is 1. The van der Waals surface area contributed by atoms with E-state index in [1.165, 1.54) is 5.56 Å². The molecule has 27 heavy (non-hydrogen) atoms. The number of rotatable bonds is 10. The number of carbonyl (C=O) groups excluding carboxylic acids is 1. The molecule has 8 heteroatoms. The fourth-order valence-electron chi connectivity index (χ4n) is 3.37. The molecule has 0 aliphatic carbocycles. The molecule has 150 valence electrons. The Bertz CT molecular complexity index is 680. The summed E-state index contributed by atoms with van der Waals surface area (Å²) in [6, 6.07) is 8.91. The minimum Gasteiger partial charge on any atom is -0.480 e. The minimum atomic E-state index is -3.19. The number of unbranched alkanes of at least 4 members (excludes halogenated alkanes) is 1. The Morgan fingerprint density at radius 2 is 1.96 bits per heavy atom. The number of β-amino-alcohol motifs (C(OH)–C–C–N with tert-alkyl or cyclic N) is 1. The maximum Gasteiger partial charge on any atom is 0.326 e. The molecule has 0 aromatic heterocycles. The average molecular weight is 397 g/mol. The van der Waals surface area contributed by atoms with Crippen LogP contribution in [0.15, 0.2) is 30.3 Å². The van der Waals surface area contributed by atoms with Crippen LogP contribution in [-0.2, 0) is 25.1 Å². The monoisotopic (exact) mass is 397 g/mol. The number of nitrogens with zero attached hydrogens (tertiary/aromatic N) is 1. The summed E-state index contributed by atoms with van der Waals surface area (Å²) in [5.74, 6) is -1.69. The van der Waals surface area contributed by atoms with Gasteiger partial charge in [-0.2, -0.15) is 0 Å². The maximum atomic E-state index is 13.1. The van der Waals surface area contributed by atoms with Crippen molar-refractivity contribution in [1.29, 1.82) is 0 Å². The lowest BCUT2D eigenvalue weighted by atomic mass is 10.1. The van der Waals surface area contributed by atoms with E-state index in [4.69, 9.17) is 4.52 Å². The lowest BCUT2D eigenvalue weighted by molar-refractivity contribution is -0.147. The average Bonchev–Trinajstić information content (AvgIpc) is 3.02. The van der Waals surface area contributed by atoms with Gasteiger partial charge < -0.3 is 19.6 Å². The van der Waals surface area contributed by atoms with Crippen molar-refractivity contribution < 1.29 is 28.9 Å². The minimum absolute atomic E-state index is 0.00289. The largest absolute Gasteiger partial charge is 0.480 e. The second-order valence-corrected chi connectivity index (χ2v) is 9.50. The molecule has 1 aliphatic rings. The quantitative estimate of drug-likeness (QED) is 0.464. The Kier molecular flexibility index (Phi) is 8.02. The summed E-state index contributed by atoms with van der Waals surface area (Å²) in [6.45, 7) is 1.91. The molecule has 0 bridgehead atoms. The van der Waals surface area contributed by atoms with E-state index in [1.807, 2.05) is 30.3 Å². The van der Waals surface area contributed by atoms with Crippen LogP contribution in [-0.4, -0.2) is 64.6 Å². The van der Waals surface area contributed by atoms with Crippen LogP contribution in [0.1, 0.15) is 31.7 Å². The number of aliphatic hydroxyl groups is 1. The molecule has 1 amide bonds. The normalized spacial score (nSPS) is 21.8. The second-order valence-electron chi connectivity index (χ2n) is 6.85. The summed E-state index contributed by atoms with van der Waals surface area (Å²) in [5.41, 5.74) is 1.20. The van der Waals surface area contributed by atoms with Crippen molar-refractivity contribution in [3.63, 3.8) is 0 Å². The molecular formula is C19H28NO6P. The third-order valence-corrected chi connectivity index (χ3v) is 7.16. The van der Waals surface area contributed by atoms with Crippen LogP contribution in [0.4, 0.5) is 0 Å². The number of benzene rings is 1. The first-order chi connectivity index (χ1) is 12.8. The third kappa shape index (κ3) is 6.45. The number of carboxylic acid groups (broad SMARTS) is 1. The van der Waals surface area contributed by atoms with Gasteiger partial charge >= 0.3 is 5.97 Å². The van der Waals surface area contributed by atoms with Crippen LogP contribution < -0.4 is 0 Å². The van der Waals surface area contributed by atoms with E-state index in [0.717, 1.165) is 17.7 Å². The van der Waals surface area contributed by atoms with Crippen molar-refractivity contribution in [1.82, 2.24) is 4.90 Å². The van der Waals surface area contributed by atoms with E-state index in [-0.39, 0.29) is 31.9 Å². The lowest BCUT2D eigenvalue weighted by Crippen LogP contribution is -2.42. The number of hydrogen-bond donors (Lipinski definition) is 2. The summed E-state index contributed by atoms with van der Waals surface area (Å²) in [5, 5.41) is 18.9. The van der Waals surface area contributed by atoms with Crippen LogP contribution in [0.2, 0.25) is 0 Å². The second kappa shape index (κ2) is 10.0. The fraction of sp³-hybridized carbons (Fsp3) is 0.579. The molecule has 7 nitrogen and oxygen atoms in total. The summed E-state index contributed by atoms with van der Waals surface area (Å²) < 4.78 is 18.5. The van der Waals surface area contributed by atoms with Gasteiger partial charge in [0.1, 0.15) is 12.2 Å². The number of likely N-dealkylation sites (tertiary alicyclic amines) is 1. The van der Waals surface area contributed by atoms with Gasteiger partial charge in [-0.3, -0.25) is 9.36 Å². The van der Waals surface area contributed by atoms with E-state index in [2.05, 4.69) is 0 Å². The lowest BCUT2D eigenvalue weighted by Gasteiger charge is -2.24. The fourth-order valence-corrected chi connectivity index (χ4v) is 5.52. The Morgan fingerprint density at radius 3 is 2.59 bits per heavy atom. The van der Waals surface area contributed by atoms with Crippen LogP contribution in [0.3, 0.4) is 0 Å². The molecule has 0 radical (unpaired) electrons. The Balaban J connectivity index is 1.91. The molecule has 1 unspecified atom stereocenters. The van der Waals surface area contributed by atoms with E-state index in [1.54, 1.807) is 6.92 Å². The third-order valence-electron chi connectivity index (χ3n) is 4.68. The smallest absolute Gasteiger partial charge is 0.326 e. The molecule has 0 saturated carbocycles. The van der Waals surface area contributed by atoms with Gasteiger partial charge in [-0.1, -0.05) is 30.3 Å². The maximum absolute atomic E-state index is 13.1. The number of aliphatic hydroxyl groups excluding tert-OH is 1. The number of hydrogen-bond acceptors (Lipinski definition) is 5. The van der Waals surface area contributed by atoms with Gasteiger partial charge in [-0.15, -0.1) is 0 Å². The summed E-state index contributed by atoms with van der Waals surface area (Å²) in [7, 11) is -3.19. The van der Waals surface area contributed by atoms with Crippen LogP contribution >= 0.6 is 7.37 Å². The van der Waals surface area contributed by atoms with Gasteiger partial charge in [0.2, 0.25) is 13.3 Å². The van der Waals surface area contributed by atoms with Crippen molar-refractivity contribution in [2.24, 2.45) is 0 Å². The summed E-state index contributed by atoms with van der Waals surface area (Å²) >= 11 is 0. The van der Waals surface area contributed by atoms with Gasteiger partial charge in [0.05, 0.1) is 12.7 Å². The van der Waals surface area contributed by atoms with Gasteiger partial charge in [-0.05, 0) is 31.7 Å². The van der Waals surface area contributed by atoms with Crippen LogP contribution in [0.25, 0.3) is 0 Å². The molecule has 1 aliphatic heterocycles. The van der Waals surface area contributed by atoms with E-state index < -0.39 is 31.4 Å². The highest BCUT2D eigenvalue weighted by Crippen LogP contribution is 2.48. The van der Waals surface area contributed by atoms with Crippen LogP contribution in [0, 0.1) is 0 Å². The molecule has 1 heterocycles. The van der Waals surface area contributed by atoms with Gasteiger partial charge in [-0.25, -0.2) is 4.79 Å². The predicted molar refractivity (Wildman–Crippen MR) is 102 cm³/mol. The highest BCUT2D eigenvalue weighted by atomic mass is 31.2. The Morgan fingerprint density at radius 1 is 1.26 bits per heavy atom. The van der Waals surface area contributed by atoms with E-state index in [0.29, 0.717) is 6.42 Å². The van der Waals surface area contributed by atoms with Crippen molar-refractivity contribution in [3.05, 3.63) is 35.9 Å². The molecule has 1 aromatic carbocycles. The first kappa shape index (κ1) is 21.6. The summed E-state index contributed by atoms with van der Waals surface area (Å²) in [4.78, 5) is 25.0. The van der Waals surface area contributed by atoms with Crippen molar-refractivity contribution in [2.45, 2.75) is 44.8 Å². The van der Waals surface area contributed by atoms with E-state index in [9.17, 15) is 24.4 Å². The molecular weight excluding hydrogens is 369 g/mol. The zero-order chi connectivity index (χ0) is 19.9. The molecule has 3 atom stereocenters. The van der Waals surface area contributed by atoms with Crippen LogP contribution in [0.5, 0.6) is 0 Å². The number of amides is 1. The number of carbonyl (C=O) groups is 2. The molecule has 2 N–H and O–H groups in total. The van der Waals surface area contributed by atoms with Crippen molar-refractivity contribution >= 4 is 19.2 Å². The highest BCUT2D eigenvalue weighted by Gasteiger charge is 2.41. The van der Waals surface area contributed by atoms with Gasteiger partial charge in [0, 0.05) is 19.1 Å². The molecule has 2 rings (SSSR count). The zero-order valence-electron chi connectivity index (χ0n) is 15.6. The first-order valence-corrected chi connectivity index (χ1v) is 11.3. The number of carboxylic acids is 1. The Labute approximate surface area is 159 Å². The van der Waals surface area contributed by atoms with Crippen molar-refractivity contribution in [3.8, 4) is 0 Å². The molecule has 1 saturated heterocycles. The standard InChI is InChI=1S/C19H28NO6P/c1-2-26-27(25,11-7-6-10-15-8-4-3-5-9-15)14-18(22)20-13-16(21)12-17(20)19(23)24/h3-5,8-9,16-17,21H,2,6-7,10-14H2,1H3,(H,23,24)/t16-,17-,27?/m0/s1. The number of aliphatic carboxylic acids is 1. The summed E-state index contributed by atoms with van der Waals surface area (Å²) in [6.07, 6.45) is 1.44. The SMILES string of the molecule is CCOP(=O)(CCCCc1ccccc1)CC(=O)N1C[C@@H](O)C[C@H]1C(=O)O. The molecule has 0 spiro atoms. The van der Waals surface area contributed by atoms with Crippen molar-refractivity contribution in [2.75, 3.05) is 25.5 Å². The Hall–Kier alpha value is -1.69. The zero-order valence-corrected chi connectivity index (χ0v) is 16.5. The van der Waals surface area contributed by atoms with Gasteiger partial charge in [0.25, 0.3) is 0 Å². The van der Waals surface area contributed by atoms with Gasteiger partial charge in [0.15, 0.2) is 0 Å². The topological polar surface area (TPSA) is 104 Å². The molecule has 1 aromatic rings. The first-order valence-electron chi connectivity index (χ1n) is 9.31. The highest BCUT2D eigenvalue weighted by molar-refractivity contribution is 7.59.